The topological polar surface area (TPSA) is 34.0 Å². The van der Waals surface area contributed by atoms with Crippen LogP contribution in [0.2, 0.25) is 0 Å². The van der Waals surface area contributed by atoms with Gasteiger partial charge in [0.25, 0.3) is 0 Å². The molecule has 27 heavy (non-hydrogen) atoms. The van der Waals surface area contributed by atoms with Gasteiger partial charge < -0.3 is 4.90 Å². The van der Waals surface area contributed by atoms with Gasteiger partial charge in [0.2, 0.25) is 5.95 Å². The number of rotatable bonds is 6. The van der Waals surface area contributed by atoms with Crippen molar-refractivity contribution in [2.75, 3.05) is 11.9 Å². The number of benzene rings is 3. The van der Waals surface area contributed by atoms with Crippen molar-refractivity contribution in [1.82, 2.24) is 14.8 Å². The highest BCUT2D eigenvalue weighted by Gasteiger charge is 2.18. The normalized spacial score (nSPS) is 10.7. The van der Waals surface area contributed by atoms with Gasteiger partial charge in [0.1, 0.15) is 0 Å². The van der Waals surface area contributed by atoms with E-state index in [-0.39, 0.29) is 0 Å². The van der Waals surface area contributed by atoms with E-state index in [4.69, 9.17) is 0 Å². The highest BCUT2D eigenvalue weighted by atomic mass is 32.2. The highest BCUT2D eigenvalue weighted by Crippen LogP contribution is 2.31. The standard InChI is InChI=1S/C22H20N4S/c1-25(19-13-7-3-8-14-19)21-23-24-22(26(21)20-15-9-4-10-16-20)27-17-18-11-5-2-6-12-18/h2-16H,17H2,1H3. The van der Waals surface area contributed by atoms with Crippen molar-refractivity contribution in [2.45, 2.75) is 10.9 Å². The maximum Gasteiger partial charge on any atom is 0.236 e. The van der Waals surface area contributed by atoms with Crippen LogP contribution in [0.25, 0.3) is 5.69 Å². The maximum absolute atomic E-state index is 4.50. The highest BCUT2D eigenvalue weighted by molar-refractivity contribution is 7.98. The van der Waals surface area contributed by atoms with Crippen LogP contribution in [0.4, 0.5) is 11.6 Å². The van der Waals surface area contributed by atoms with Gasteiger partial charge in [-0.3, -0.25) is 4.57 Å². The molecule has 0 unspecified atom stereocenters. The minimum atomic E-state index is 0.794. The molecule has 0 aliphatic carbocycles. The van der Waals surface area contributed by atoms with Crippen LogP contribution in [-0.2, 0) is 5.75 Å². The Labute approximate surface area is 163 Å². The monoisotopic (exact) mass is 372 g/mol. The van der Waals surface area contributed by atoms with E-state index < -0.39 is 0 Å². The first-order valence-electron chi connectivity index (χ1n) is 8.79. The van der Waals surface area contributed by atoms with Crippen molar-refractivity contribution in [1.29, 1.82) is 0 Å². The van der Waals surface area contributed by atoms with Crippen molar-refractivity contribution in [3.63, 3.8) is 0 Å². The minimum absolute atomic E-state index is 0.794. The second-order valence-electron chi connectivity index (χ2n) is 6.12. The Bertz CT molecular complexity index is 985. The third-order valence-corrected chi connectivity index (χ3v) is 5.29. The summed E-state index contributed by atoms with van der Waals surface area (Å²) >= 11 is 1.69. The average Bonchev–Trinajstić information content (AvgIpc) is 3.17. The molecule has 134 valence electrons. The van der Waals surface area contributed by atoms with Crippen LogP contribution in [0, 0.1) is 0 Å². The van der Waals surface area contributed by atoms with Crippen molar-refractivity contribution < 1.29 is 0 Å². The van der Waals surface area contributed by atoms with Crippen LogP contribution in [0.15, 0.2) is 96.2 Å². The largest absolute Gasteiger partial charge is 0.313 e. The number of aromatic nitrogens is 3. The molecule has 0 aliphatic rings. The van der Waals surface area contributed by atoms with E-state index in [9.17, 15) is 0 Å². The lowest BCUT2D eigenvalue weighted by atomic mass is 10.2. The van der Waals surface area contributed by atoms with Crippen LogP contribution < -0.4 is 4.90 Å². The SMILES string of the molecule is CN(c1ccccc1)c1nnc(SCc2ccccc2)n1-c1ccccc1. The molecular formula is C22H20N4S. The second kappa shape index (κ2) is 8.10. The average molecular weight is 372 g/mol. The molecule has 4 aromatic rings. The molecule has 0 spiro atoms. The fourth-order valence-electron chi connectivity index (χ4n) is 2.87. The lowest BCUT2D eigenvalue weighted by Crippen LogP contribution is -2.15. The number of anilines is 2. The van der Waals surface area contributed by atoms with Gasteiger partial charge >= 0.3 is 0 Å². The third kappa shape index (κ3) is 3.88. The Morgan fingerprint density at radius 3 is 2.04 bits per heavy atom. The summed E-state index contributed by atoms with van der Waals surface area (Å²) in [5, 5.41) is 9.87. The fraction of sp³-hybridized carbons (Fsp3) is 0.0909. The van der Waals surface area contributed by atoms with E-state index in [0.29, 0.717) is 0 Å². The molecule has 1 aromatic heterocycles. The first kappa shape index (κ1) is 17.4. The van der Waals surface area contributed by atoms with E-state index in [1.807, 2.05) is 49.5 Å². The lowest BCUT2D eigenvalue weighted by Gasteiger charge is -2.19. The molecule has 0 N–H and O–H groups in total. The Morgan fingerprint density at radius 1 is 0.778 bits per heavy atom. The number of thioether (sulfide) groups is 1. The Balaban J connectivity index is 1.70. The zero-order valence-corrected chi connectivity index (χ0v) is 15.9. The molecule has 0 atom stereocenters. The molecule has 0 amide bonds. The Kier molecular flexibility index (Phi) is 5.21. The molecule has 0 bridgehead atoms. The molecular weight excluding hydrogens is 352 g/mol. The third-order valence-electron chi connectivity index (χ3n) is 4.28. The van der Waals surface area contributed by atoms with Gasteiger partial charge in [-0.15, -0.1) is 10.2 Å². The first-order valence-corrected chi connectivity index (χ1v) is 9.78. The summed E-state index contributed by atoms with van der Waals surface area (Å²) in [7, 11) is 2.02. The molecule has 1 heterocycles. The molecule has 0 aliphatic heterocycles. The molecule has 0 saturated carbocycles. The van der Waals surface area contributed by atoms with Gasteiger partial charge in [0, 0.05) is 18.5 Å². The van der Waals surface area contributed by atoms with Crippen molar-refractivity contribution in [3.05, 3.63) is 96.6 Å². The minimum Gasteiger partial charge on any atom is -0.313 e. The fourth-order valence-corrected chi connectivity index (χ4v) is 3.77. The van der Waals surface area contributed by atoms with Gasteiger partial charge in [-0.2, -0.15) is 0 Å². The van der Waals surface area contributed by atoms with Crippen LogP contribution in [0.3, 0.4) is 0 Å². The Hall–Kier alpha value is -3.05. The van der Waals surface area contributed by atoms with Crippen LogP contribution in [0.5, 0.6) is 0 Å². The zero-order valence-electron chi connectivity index (χ0n) is 15.1. The second-order valence-corrected chi connectivity index (χ2v) is 7.06. The molecule has 0 saturated heterocycles. The van der Waals surface area contributed by atoms with Gasteiger partial charge in [0.05, 0.1) is 5.69 Å². The van der Waals surface area contributed by atoms with Crippen molar-refractivity contribution in [2.24, 2.45) is 0 Å². The molecule has 4 rings (SSSR count). The molecule has 0 fully saturated rings. The van der Waals surface area contributed by atoms with Crippen molar-refractivity contribution >= 4 is 23.4 Å². The van der Waals surface area contributed by atoms with E-state index in [1.165, 1.54) is 5.56 Å². The quantitative estimate of drug-likeness (QED) is 0.429. The van der Waals surface area contributed by atoms with Gasteiger partial charge in [-0.25, -0.2) is 0 Å². The van der Waals surface area contributed by atoms with Crippen LogP contribution in [0.1, 0.15) is 5.56 Å². The van der Waals surface area contributed by atoms with Gasteiger partial charge in [-0.1, -0.05) is 78.5 Å². The zero-order chi connectivity index (χ0) is 18.5. The summed E-state index contributed by atoms with van der Waals surface area (Å²) in [5.74, 6) is 1.64. The summed E-state index contributed by atoms with van der Waals surface area (Å²) in [6.45, 7) is 0. The summed E-state index contributed by atoms with van der Waals surface area (Å²) in [5.41, 5.74) is 3.39. The molecule has 0 radical (unpaired) electrons. The predicted octanol–water partition coefficient (Wildman–Crippen LogP) is 5.33. The molecule has 4 nitrogen and oxygen atoms in total. The number of nitrogens with zero attached hydrogens (tertiary/aromatic N) is 4. The van der Waals surface area contributed by atoms with Crippen molar-refractivity contribution in [3.8, 4) is 5.69 Å². The predicted molar refractivity (Wildman–Crippen MR) is 112 cm³/mol. The van der Waals surface area contributed by atoms with Crippen LogP contribution >= 0.6 is 11.8 Å². The van der Waals surface area contributed by atoms with E-state index in [2.05, 4.69) is 68.2 Å². The van der Waals surface area contributed by atoms with E-state index in [1.54, 1.807) is 11.8 Å². The molecule has 5 heteroatoms. The van der Waals surface area contributed by atoms with Gasteiger partial charge in [0.15, 0.2) is 5.16 Å². The van der Waals surface area contributed by atoms with Gasteiger partial charge in [-0.05, 0) is 29.8 Å². The first-order chi connectivity index (χ1) is 13.3. The summed E-state index contributed by atoms with van der Waals surface area (Å²) in [4.78, 5) is 2.06. The lowest BCUT2D eigenvalue weighted by molar-refractivity contribution is 0.877. The summed E-state index contributed by atoms with van der Waals surface area (Å²) in [6, 6.07) is 30.9. The smallest absolute Gasteiger partial charge is 0.236 e. The number of hydrogen-bond donors (Lipinski definition) is 0. The van der Waals surface area contributed by atoms with E-state index >= 15 is 0 Å². The Morgan fingerprint density at radius 2 is 1.37 bits per heavy atom. The number of hydrogen-bond acceptors (Lipinski definition) is 4. The van der Waals surface area contributed by atoms with E-state index in [0.717, 1.165) is 28.2 Å². The summed E-state index contributed by atoms with van der Waals surface area (Å²) in [6.07, 6.45) is 0. The van der Waals surface area contributed by atoms with Crippen LogP contribution in [-0.4, -0.2) is 21.8 Å². The number of para-hydroxylation sites is 2. The summed E-state index contributed by atoms with van der Waals surface area (Å²) < 4.78 is 2.11. The molecule has 3 aromatic carbocycles. The maximum atomic E-state index is 4.50.